The summed E-state index contributed by atoms with van der Waals surface area (Å²) in [5.74, 6) is 1.22. The Hall–Kier alpha value is -3.41. The molecule has 0 radical (unpaired) electrons. The lowest BCUT2D eigenvalue weighted by atomic mass is 10.1. The van der Waals surface area contributed by atoms with E-state index in [1.165, 1.54) is 0 Å². The maximum Gasteiger partial charge on any atom is 0.276 e. The number of methoxy groups -OCH3 is 1. The third-order valence-electron chi connectivity index (χ3n) is 4.43. The number of ether oxygens (including phenoxy) is 1. The molecule has 0 unspecified atom stereocenters. The fourth-order valence-electron chi connectivity index (χ4n) is 2.84. The van der Waals surface area contributed by atoms with Gasteiger partial charge < -0.3 is 15.4 Å². The topological polar surface area (TPSA) is 76.1 Å². The zero-order chi connectivity index (χ0) is 19.9. The molecule has 6 heteroatoms. The van der Waals surface area contributed by atoms with Crippen molar-refractivity contribution in [3.8, 4) is 5.75 Å². The van der Waals surface area contributed by atoms with Crippen LogP contribution in [0.5, 0.6) is 5.75 Å². The third-order valence-corrected chi connectivity index (χ3v) is 4.43. The van der Waals surface area contributed by atoms with Crippen molar-refractivity contribution in [2.45, 2.75) is 20.3 Å². The largest absolute Gasteiger partial charge is 0.496 e. The number of benzene rings is 2. The fraction of sp³-hybridized carbons (Fsp3) is 0.227. The zero-order valence-electron chi connectivity index (χ0n) is 16.3. The lowest BCUT2D eigenvalue weighted by Gasteiger charge is -2.10. The lowest BCUT2D eigenvalue weighted by molar-refractivity contribution is 0.102. The standard InChI is InChI=1S/C22H24N4O2/c1-15-8-9-16(2)19(14-15)24-22(27)18-10-11-21(26-25-18)23-13-12-17-6-4-5-7-20(17)28-3/h4-11,14H,12-13H2,1-3H3,(H,23,26)(H,24,27). The van der Waals surface area contributed by atoms with Crippen LogP contribution in [0.4, 0.5) is 11.5 Å². The Balaban J connectivity index is 1.57. The molecule has 1 amide bonds. The summed E-state index contributed by atoms with van der Waals surface area (Å²) >= 11 is 0. The first-order valence-electron chi connectivity index (χ1n) is 9.15. The number of aryl methyl sites for hydroxylation is 2. The Morgan fingerprint density at radius 3 is 2.61 bits per heavy atom. The molecule has 0 saturated heterocycles. The second-order valence-electron chi connectivity index (χ2n) is 6.56. The summed E-state index contributed by atoms with van der Waals surface area (Å²) in [5, 5.41) is 14.2. The number of nitrogens with zero attached hydrogens (tertiary/aromatic N) is 2. The van der Waals surface area contributed by atoms with Crippen molar-refractivity contribution < 1.29 is 9.53 Å². The highest BCUT2D eigenvalue weighted by Gasteiger charge is 2.10. The van der Waals surface area contributed by atoms with Gasteiger partial charge in [-0.3, -0.25) is 4.79 Å². The second kappa shape index (κ2) is 8.99. The van der Waals surface area contributed by atoms with Gasteiger partial charge in [-0.1, -0.05) is 30.3 Å². The summed E-state index contributed by atoms with van der Waals surface area (Å²) in [6.07, 6.45) is 0.792. The van der Waals surface area contributed by atoms with Crippen LogP contribution >= 0.6 is 0 Å². The van der Waals surface area contributed by atoms with E-state index in [1.54, 1.807) is 19.2 Å². The van der Waals surface area contributed by atoms with E-state index in [0.717, 1.165) is 34.5 Å². The molecule has 0 aliphatic rings. The predicted octanol–water partition coefficient (Wildman–Crippen LogP) is 4.01. The molecule has 1 aromatic heterocycles. The molecule has 28 heavy (non-hydrogen) atoms. The number of amides is 1. The van der Waals surface area contributed by atoms with Crippen LogP contribution in [0.25, 0.3) is 0 Å². The van der Waals surface area contributed by atoms with Crippen molar-refractivity contribution in [3.63, 3.8) is 0 Å². The van der Waals surface area contributed by atoms with E-state index in [1.807, 2.05) is 56.3 Å². The molecule has 2 aromatic carbocycles. The molecule has 6 nitrogen and oxygen atoms in total. The fourth-order valence-corrected chi connectivity index (χ4v) is 2.84. The second-order valence-corrected chi connectivity index (χ2v) is 6.56. The van der Waals surface area contributed by atoms with Gasteiger partial charge in [0.2, 0.25) is 0 Å². The molecule has 3 rings (SSSR count). The van der Waals surface area contributed by atoms with Crippen LogP contribution in [0.15, 0.2) is 54.6 Å². The molecule has 0 bridgehead atoms. The van der Waals surface area contributed by atoms with Gasteiger partial charge in [0.1, 0.15) is 11.6 Å². The Labute approximate surface area is 165 Å². The van der Waals surface area contributed by atoms with E-state index in [-0.39, 0.29) is 11.6 Å². The Morgan fingerprint density at radius 2 is 1.86 bits per heavy atom. The van der Waals surface area contributed by atoms with Gasteiger partial charge in [-0.15, -0.1) is 10.2 Å². The highest BCUT2D eigenvalue weighted by molar-refractivity contribution is 6.03. The van der Waals surface area contributed by atoms with Crippen LogP contribution in [0.2, 0.25) is 0 Å². The summed E-state index contributed by atoms with van der Waals surface area (Å²) in [6, 6.07) is 17.3. The van der Waals surface area contributed by atoms with Gasteiger partial charge in [-0.05, 0) is 61.2 Å². The maximum absolute atomic E-state index is 12.4. The predicted molar refractivity (Wildman–Crippen MR) is 111 cm³/mol. The van der Waals surface area contributed by atoms with Crippen LogP contribution in [0.3, 0.4) is 0 Å². The number of carbonyl (C=O) groups is 1. The molecular weight excluding hydrogens is 352 g/mol. The zero-order valence-corrected chi connectivity index (χ0v) is 16.3. The molecule has 3 aromatic rings. The van der Waals surface area contributed by atoms with Crippen molar-refractivity contribution in [2.24, 2.45) is 0 Å². The molecule has 0 atom stereocenters. The lowest BCUT2D eigenvalue weighted by Crippen LogP contribution is -2.16. The van der Waals surface area contributed by atoms with Gasteiger partial charge in [0.15, 0.2) is 5.69 Å². The van der Waals surface area contributed by atoms with Gasteiger partial charge in [0, 0.05) is 12.2 Å². The van der Waals surface area contributed by atoms with Crippen molar-refractivity contribution >= 4 is 17.4 Å². The summed E-state index contributed by atoms with van der Waals surface area (Å²) in [4.78, 5) is 12.4. The van der Waals surface area contributed by atoms with Crippen LogP contribution in [0, 0.1) is 13.8 Å². The number of hydrogen-bond donors (Lipinski definition) is 2. The summed E-state index contributed by atoms with van der Waals surface area (Å²) in [7, 11) is 1.67. The van der Waals surface area contributed by atoms with Gasteiger partial charge >= 0.3 is 0 Å². The Bertz CT molecular complexity index is 955. The van der Waals surface area contributed by atoms with Gasteiger partial charge in [-0.25, -0.2) is 0 Å². The first-order chi connectivity index (χ1) is 13.6. The normalized spacial score (nSPS) is 10.4. The molecule has 0 saturated carbocycles. The third kappa shape index (κ3) is 4.85. The Kier molecular flexibility index (Phi) is 6.22. The monoisotopic (exact) mass is 376 g/mol. The van der Waals surface area contributed by atoms with Gasteiger partial charge in [0.25, 0.3) is 5.91 Å². The van der Waals surface area contributed by atoms with Gasteiger partial charge in [0.05, 0.1) is 7.11 Å². The quantitative estimate of drug-likeness (QED) is 0.652. The minimum atomic E-state index is -0.276. The Morgan fingerprint density at radius 1 is 1.04 bits per heavy atom. The first-order valence-corrected chi connectivity index (χ1v) is 9.15. The van der Waals surface area contributed by atoms with Crippen LogP contribution in [-0.4, -0.2) is 29.8 Å². The number of rotatable bonds is 7. The minimum Gasteiger partial charge on any atom is -0.496 e. The van der Waals surface area contributed by atoms with Crippen molar-refractivity contribution in [1.29, 1.82) is 0 Å². The summed E-state index contributed by atoms with van der Waals surface area (Å²) < 4.78 is 5.35. The van der Waals surface area contributed by atoms with E-state index >= 15 is 0 Å². The van der Waals surface area contributed by atoms with Crippen LogP contribution in [-0.2, 0) is 6.42 Å². The average Bonchev–Trinajstić information content (AvgIpc) is 2.71. The number of hydrogen-bond acceptors (Lipinski definition) is 5. The van der Waals surface area contributed by atoms with Crippen molar-refractivity contribution in [1.82, 2.24) is 10.2 Å². The van der Waals surface area contributed by atoms with Crippen LogP contribution < -0.4 is 15.4 Å². The molecule has 0 aliphatic heterocycles. The maximum atomic E-state index is 12.4. The van der Waals surface area contributed by atoms with E-state index in [0.29, 0.717) is 12.4 Å². The van der Waals surface area contributed by atoms with Crippen molar-refractivity contribution in [3.05, 3.63) is 77.0 Å². The van der Waals surface area contributed by atoms with E-state index in [4.69, 9.17) is 4.74 Å². The average molecular weight is 376 g/mol. The molecule has 2 N–H and O–H groups in total. The SMILES string of the molecule is COc1ccccc1CCNc1ccc(C(=O)Nc2cc(C)ccc2C)nn1. The van der Waals surface area contributed by atoms with Gasteiger partial charge in [-0.2, -0.15) is 0 Å². The number of carbonyl (C=O) groups excluding carboxylic acids is 1. The number of anilines is 2. The summed E-state index contributed by atoms with van der Waals surface area (Å²) in [6.45, 7) is 4.62. The molecular formula is C22H24N4O2. The molecule has 0 aliphatic carbocycles. The highest BCUT2D eigenvalue weighted by Crippen LogP contribution is 2.18. The number of aromatic nitrogens is 2. The van der Waals surface area contributed by atoms with E-state index in [9.17, 15) is 4.79 Å². The van der Waals surface area contributed by atoms with E-state index < -0.39 is 0 Å². The number of nitrogens with one attached hydrogen (secondary N) is 2. The molecule has 1 heterocycles. The number of para-hydroxylation sites is 1. The smallest absolute Gasteiger partial charge is 0.276 e. The highest BCUT2D eigenvalue weighted by atomic mass is 16.5. The van der Waals surface area contributed by atoms with Crippen LogP contribution in [0.1, 0.15) is 27.2 Å². The molecule has 0 spiro atoms. The van der Waals surface area contributed by atoms with Crippen molar-refractivity contribution in [2.75, 3.05) is 24.3 Å². The van der Waals surface area contributed by atoms with E-state index in [2.05, 4.69) is 20.8 Å². The first kappa shape index (κ1) is 19.4. The molecule has 0 fully saturated rings. The minimum absolute atomic E-state index is 0.274. The molecule has 144 valence electrons. The summed E-state index contributed by atoms with van der Waals surface area (Å²) in [5.41, 5.74) is 4.26.